The summed E-state index contributed by atoms with van der Waals surface area (Å²) < 4.78 is 0. The highest BCUT2D eigenvalue weighted by Crippen LogP contribution is 2.42. The van der Waals surface area contributed by atoms with Gasteiger partial charge in [-0.1, -0.05) is 18.6 Å². The number of hydrogen-bond acceptors (Lipinski definition) is 2. The highest BCUT2D eigenvalue weighted by atomic mass is 16.2. The van der Waals surface area contributed by atoms with E-state index in [1.807, 2.05) is 13.8 Å². The van der Waals surface area contributed by atoms with Crippen LogP contribution >= 0.6 is 0 Å². The molecule has 2 N–H and O–H groups in total. The summed E-state index contributed by atoms with van der Waals surface area (Å²) in [6.07, 6.45) is 8.52. The largest absolute Gasteiger partial charge is 0.353 e. The molecule has 0 saturated heterocycles. The lowest BCUT2D eigenvalue weighted by molar-refractivity contribution is -0.132. The molecule has 2 unspecified atom stereocenters. The predicted octanol–water partition coefficient (Wildman–Crippen LogP) is 1.60. The molecule has 3 heteroatoms. The Kier molecular flexibility index (Phi) is 3.33. The van der Waals surface area contributed by atoms with E-state index in [2.05, 4.69) is 22.8 Å². The van der Waals surface area contributed by atoms with Crippen LogP contribution in [-0.4, -0.2) is 24.5 Å². The minimum Gasteiger partial charge on any atom is -0.353 e. The van der Waals surface area contributed by atoms with Crippen molar-refractivity contribution in [2.45, 2.75) is 51.6 Å². The van der Waals surface area contributed by atoms with Gasteiger partial charge in [0.05, 0.1) is 5.41 Å². The van der Waals surface area contributed by atoms with Crippen LogP contribution in [0.1, 0.15) is 39.5 Å². The van der Waals surface area contributed by atoms with E-state index in [1.54, 1.807) is 0 Å². The molecule has 0 aromatic heterocycles. The SMILES string of the molecule is CC(C)NC(=O)C12CC=CCNC1CCC2. The molecule has 1 fully saturated rings. The highest BCUT2D eigenvalue weighted by Gasteiger charge is 2.48. The maximum atomic E-state index is 12.4. The second-order valence-electron chi connectivity index (χ2n) is 5.31. The van der Waals surface area contributed by atoms with E-state index in [0.29, 0.717) is 6.04 Å². The fraction of sp³-hybridized carbons (Fsp3) is 0.769. The molecular formula is C13H22N2O. The third-order valence-electron chi connectivity index (χ3n) is 3.79. The van der Waals surface area contributed by atoms with Gasteiger partial charge in [-0.3, -0.25) is 4.79 Å². The summed E-state index contributed by atoms with van der Waals surface area (Å²) in [5.74, 6) is 0.240. The number of carbonyl (C=O) groups is 1. The monoisotopic (exact) mass is 222 g/mol. The lowest BCUT2D eigenvalue weighted by atomic mass is 9.78. The lowest BCUT2D eigenvalue weighted by Gasteiger charge is -2.33. The molecule has 2 aliphatic rings. The molecule has 1 aliphatic carbocycles. The van der Waals surface area contributed by atoms with Gasteiger partial charge in [0.15, 0.2) is 0 Å². The molecule has 16 heavy (non-hydrogen) atoms. The van der Waals surface area contributed by atoms with Gasteiger partial charge in [-0.2, -0.15) is 0 Å². The Morgan fingerprint density at radius 3 is 3.06 bits per heavy atom. The van der Waals surface area contributed by atoms with Crippen molar-refractivity contribution in [1.82, 2.24) is 10.6 Å². The normalized spacial score (nSPS) is 33.6. The summed E-state index contributed by atoms with van der Waals surface area (Å²) in [5, 5.41) is 6.58. The maximum Gasteiger partial charge on any atom is 0.228 e. The van der Waals surface area contributed by atoms with Crippen LogP contribution in [0.15, 0.2) is 12.2 Å². The van der Waals surface area contributed by atoms with Crippen LogP contribution in [0.2, 0.25) is 0 Å². The van der Waals surface area contributed by atoms with E-state index in [-0.39, 0.29) is 17.4 Å². The van der Waals surface area contributed by atoms with Crippen LogP contribution in [0.3, 0.4) is 0 Å². The van der Waals surface area contributed by atoms with Gasteiger partial charge < -0.3 is 10.6 Å². The average Bonchev–Trinajstić information content (AvgIpc) is 2.52. The molecule has 0 bridgehead atoms. The number of carbonyl (C=O) groups excluding carboxylic acids is 1. The summed E-state index contributed by atoms with van der Waals surface area (Å²) in [4.78, 5) is 12.4. The number of nitrogens with one attached hydrogen (secondary N) is 2. The number of allylic oxidation sites excluding steroid dienone is 1. The topological polar surface area (TPSA) is 41.1 Å². The van der Waals surface area contributed by atoms with Crippen molar-refractivity contribution in [1.29, 1.82) is 0 Å². The van der Waals surface area contributed by atoms with Crippen molar-refractivity contribution in [3.05, 3.63) is 12.2 Å². The number of hydrogen-bond donors (Lipinski definition) is 2. The van der Waals surface area contributed by atoms with E-state index in [1.165, 1.54) is 0 Å². The molecular weight excluding hydrogens is 200 g/mol. The average molecular weight is 222 g/mol. The Bertz CT molecular complexity index is 298. The lowest BCUT2D eigenvalue weighted by Crippen LogP contribution is -2.51. The molecule has 0 aromatic carbocycles. The van der Waals surface area contributed by atoms with Crippen LogP contribution in [0, 0.1) is 5.41 Å². The predicted molar refractivity (Wildman–Crippen MR) is 65.1 cm³/mol. The molecule has 0 radical (unpaired) electrons. The molecule has 3 nitrogen and oxygen atoms in total. The van der Waals surface area contributed by atoms with E-state index in [0.717, 1.165) is 32.2 Å². The number of rotatable bonds is 2. The minimum absolute atomic E-state index is 0.183. The van der Waals surface area contributed by atoms with E-state index in [9.17, 15) is 4.79 Å². The van der Waals surface area contributed by atoms with Gasteiger partial charge in [0, 0.05) is 18.6 Å². The molecule has 1 aliphatic heterocycles. The Hall–Kier alpha value is -0.830. The first-order valence-electron chi connectivity index (χ1n) is 6.34. The fourth-order valence-corrected chi connectivity index (χ4v) is 2.97. The Labute approximate surface area is 97.7 Å². The summed E-state index contributed by atoms with van der Waals surface area (Å²) in [7, 11) is 0. The van der Waals surface area contributed by atoms with Crippen LogP contribution < -0.4 is 10.6 Å². The van der Waals surface area contributed by atoms with Crippen molar-refractivity contribution < 1.29 is 4.79 Å². The molecule has 2 rings (SSSR count). The van der Waals surface area contributed by atoms with Gasteiger partial charge in [0.25, 0.3) is 0 Å². The van der Waals surface area contributed by atoms with Crippen molar-refractivity contribution in [3.8, 4) is 0 Å². The summed E-state index contributed by atoms with van der Waals surface area (Å²) in [6, 6.07) is 0.594. The minimum atomic E-state index is -0.183. The van der Waals surface area contributed by atoms with Crippen LogP contribution in [-0.2, 0) is 4.79 Å². The zero-order valence-electron chi connectivity index (χ0n) is 10.3. The van der Waals surface area contributed by atoms with Gasteiger partial charge in [-0.25, -0.2) is 0 Å². The zero-order chi connectivity index (χ0) is 11.6. The van der Waals surface area contributed by atoms with E-state index >= 15 is 0 Å². The summed E-state index contributed by atoms with van der Waals surface area (Å²) in [5.41, 5.74) is -0.183. The Morgan fingerprint density at radius 2 is 2.31 bits per heavy atom. The third-order valence-corrected chi connectivity index (χ3v) is 3.79. The van der Waals surface area contributed by atoms with Crippen molar-refractivity contribution in [2.24, 2.45) is 5.41 Å². The Balaban J connectivity index is 2.18. The van der Waals surface area contributed by atoms with Crippen molar-refractivity contribution in [3.63, 3.8) is 0 Å². The molecule has 1 amide bonds. The number of fused-ring (bicyclic) bond motifs is 1. The third kappa shape index (κ3) is 2.01. The van der Waals surface area contributed by atoms with E-state index in [4.69, 9.17) is 0 Å². The van der Waals surface area contributed by atoms with Gasteiger partial charge in [0.1, 0.15) is 0 Å². The molecule has 1 heterocycles. The second kappa shape index (κ2) is 4.58. The molecule has 90 valence electrons. The van der Waals surface area contributed by atoms with Crippen molar-refractivity contribution >= 4 is 5.91 Å². The summed E-state index contributed by atoms with van der Waals surface area (Å²) >= 11 is 0. The van der Waals surface area contributed by atoms with Gasteiger partial charge in [-0.15, -0.1) is 0 Å². The van der Waals surface area contributed by atoms with Crippen LogP contribution in [0.4, 0.5) is 0 Å². The zero-order valence-corrected chi connectivity index (χ0v) is 10.3. The first-order valence-corrected chi connectivity index (χ1v) is 6.34. The first kappa shape index (κ1) is 11.6. The summed E-state index contributed by atoms with van der Waals surface area (Å²) in [6.45, 7) is 4.96. The Morgan fingerprint density at radius 1 is 1.50 bits per heavy atom. The number of amides is 1. The highest BCUT2D eigenvalue weighted by molar-refractivity contribution is 5.84. The standard InChI is InChI=1S/C13H22N2O/c1-10(2)15-12(16)13-7-3-4-9-14-11(13)6-5-8-13/h3-4,10-11,14H,5-9H2,1-2H3,(H,15,16). The smallest absolute Gasteiger partial charge is 0.228 e. The molecule has 2 atom stereocenters. The maximum absolute atomic E-state index is 12.4. The van der Waals surface area contributed by atoms with Crippen LogP contribution in [0.25, 0.3) is 0 Å². The molecule has 1 saturated carbocycles. The van der Waals surface area contributed by atoms with Gasteiger partial charge in [0.2, 0.25) is 5.91 Å². The molecule has 0 spiro atoms. The quantitative estimate of drug-likeness (QED) is 0.697. The van der Waals surface area contributed by atoms with E-state index < -0.39 is 0 Å². The van der Waals surface area contributed by atoms with Crippen LogP contribution in [0.5, 0.6) is 0 Å². The first-order chi connectivity index (χ1) is 7.65. The van der Waals surface area contributed by atoms with Crippen molar-refractivity contribution in [2.75, 3.05) is 6.54 Å². The van der Waals surface area contributed by atoms with Gasteiger partial charge >= 0.3 is 0 Å². The molecule has 0 aromatic rings. The fourth-order valence-electron chi connectivity index (χ4n) is 2.97. The van der Waals surface area contributed by atoms with Gasteiger partial charge in [-0.05, 0) is 33.1 Å². The second-order valence-corrected chi connectivity index (χ2v) is 5.31.